The number of nitrogens with two attached hydrogens (primary N) is 1. The lowest BCUT2D eigenvalue weighted by Gasteiger charge is -2.04. The Morgan fingerprint density at radius 2 is 1.86 bits per heavy atom. The molecule has 0 aliphatic carbocycles. The van der Waals surface area contributed by atoms with Crippen molar-refractivity contribution in [1.82, 2.24) is 5.73 Å². The van der Waals surface area contributed by atoms with Gasteiger partial charge in [-0.1, -0.05) is 18.2 Å². The van der Waals surface area contributed by atoms with Crippen molar-refractivity contribution in [3.63, 3.8) is 0 Å². The normalized spacial score (nSPS) is 11.9. The molecule has 0 aliphatic rings. The Kier molecular flexibility index (Phi) is 5.96. The number of nitrogens with one attached hydrogen (secondary N) is 3. The number of carbonyl (C=O) groups excluding carboxylic acids is 2. The van der Waals surface area contributed by atoms with E-state index in [4.69, 9.17) is 22.0 Å². The largest absolute Gasteiger partial charge is 0.481 e. The van der Waals surface area contributed by atoms with E-state index >= 15 is 0 Å². The van der Waals surface area contributed by atoms with Crippen LogP contribution in [-0.2, 0) is 14.4 Å². The van der Waals surface area contributed by atoms with Crippen LogP contribution in [-0.4, -0.2) is 34.6 Å². The summed E-state index contributed by atoms with van der Waals surface area (Å²) in [6.07, 6.45) is 1.67. The van der Waals surface area contributed by atoms with E-state index in [1.165, 1.54) is 6.08 Å². The van der Waals surface area contributed by atoms with E-state index in [1.54, 1.807) is 24.3 Å². The van der Waals surface area contributed by atoms with Crippen LogP contribution < -0.4 is 16.8 Å². The van der Waals surface area contributed by atoms with Gasteiger partial charge in [0.05, 0.1) is 12.5 Å². The zero-order chi connectivity index (χ0) is 16.7. The average molecular weight is 303 g/mol. The lowest BCUT2D eigenvalue weighted by molar-refractivity contribution is -0.140. The van der Waals surface area contributed by atoms with Crippen molar-refractivity contribution in [1.29, 1.82) is 5.41 Å². The SMILES string of the molecule is [NH][C@@H](CC(=O)O)C(=O)C(=O)C=Cc1ccc(NC(=N)N)cc1. The number of ketones is 2. The van der Waals surface area contributed by atoms with Crippen LogP contribution in [0.1, 0.15) is 12.0 Å². The molecule has 115 valence electrons. The van der Waals surface area contributed by atoms with Gasteiger partial charge in [0.1, 0.15) is 0 Å². The van der Waals surface area contributed by atoms with Crippen LogP contribution in [0.25, 0.3) is 6.08 Å². The first-order valence-corrected chi connectivity index (χ1v) is 6.20. The number of anilines is 1. The van der Waals surface area contributed by atoms with Crippen molar-refractivity contribution < 1.29 is 19.5 Å². The molecule has 8 heteroatoms. The van der Waals surface area contributed by atoms with Crippen LogP contribution in [0.15, 0.2) is 30.3 Å². The monoisotopic (exact) mass is 303 g/mol. The molecule has 0 saturated carbocycles. The van der Waals surface area contributed by atoms with Gasteiger partial charge in [0.2, 0.25) is 11.6 Å². The van der Waals surface area contributed by atoms with Gasteiger partial charge in [-0.2, -0.15) is 0 Å². The second kappa shape index (κ2) is 7.70. The van der Waals surface area contributed by atoms with Crippen molar-refractivity contribution in [2.45, 2.75) is 12.5 Å². The number of carbonyl (C=O) groups is 3. The Bertz CT molecular complexity index is 622. The topological polar surface area (TPSA) is 157 Å². The Morgan fingerprint density at radius 1 is 1.27 bits per heavy atom. The highest BCUT2D eigenvalue weighted by atomic mass is 16.4. The number of aliphatic carboxylic acids is 1. The maximum atomic E-state index is 11.5. The smallest absolute Gasteiger partial charge is 0.305 e. The third-order valence-corrected chi connectivity index (χ3v) is 2.55. The molecule has 0 unspecified atom stereocenters. The molecule has 8 nitrogen and oxygen atoms in total. The summed E-state index contributed by atoms with van der Waals surface area (Å²) in [6, 6.07) is 4.93. The van der Waals surface area contributed by atoms with Gasteiger partial charge in [-0.3, -0.25) is 19.8 Å². The van der Waals surface area contributed by atoms with Gasteiger partial charge in [0.25, 0.3) is 0 Å². The first-order chi connectivity index (χ1) is 10.3. The zero-order valence-corrected chi connectivity index (χ0v) is 11.5. The maximum absolute atomic E-state index is 11.5. The molecule has 0 amide bonds. The van der Waals surface area contributed by atoms with E-state index in [0.29, 0.717) is 11.3 Å². The number of allylic oxidation sites excluding steroid dienone is 1. The number of guanidine groups is 1. The average Bonchev–Trinajstić information content (AvgIpc) is 2.44. The summed E-state index contributed by atoms with van der Waals surface area (Å²) >= 11 is 0. The van der Waals surface area contributed by atoms with Crippen LogP contribution in [0.4, 0.5) is 5.69 Å². The van der Waals surface area contributed by atoms with Gasteiger partial charge < -0.3 is 16.2 Å². The Labute approximate surface area is 126 Å². The highest BCUT2D eigenvalue weighted by Crippen LogP contribution is 2.10. The Morgan fingerprint density at radius 3 is 2.36 bits per heavy atom. The number of hydrogen-bond donors (Lipinski definition) is 4. The lowest BCUT2D eigenvalue weighted by Crippen LogP contribution is -2.30. The van der Waals surface area contributed by atoms with Gasteiger partial charge in [-0.25, -0.2) is 5.73 Å². The predicted molar refractivity (Wildman–Crippen MR) is 80.2 cm³/mol. The fourth-order valence-corrected chi connectivity index (χ4v) is 1.53. The highest BCUT2D eigenvalue weighted by Gasteiger charge is 2.22. The number of carboxylic acid groups (broad SMARTS) is 1. The zero-order valence-electron chi connectivity index (χ0n) is 11.5. The molecule has 0 saturated heterocycles. The number of rotatable bonds is 7. The molecule has 1 atom stereocenters. The van der Waals surface area contributed by atoms with Gasteiger partial charge in [-0.05, 0) is 23.8 Å². The third-order valence-electron chi connectivity index (χ3n) is 2.55. The number of hydrogen-bond acceptors (Lipinski definition) is 4. The number of benzene rings is 1. The molecule has 0 spiro atoms. The molecule has 0 aromatic heterocycles. The minimum absolute atomic E-state index is 0.205. The summed E-state index contributed by atoms with van der Waals surface area (Å²) in [6.45, 7) is 0. The van der Waals surface area contributed by atoms with Crippen molar-refractivity contribution >= 4 is 35.3 Å². The minimum Gasteiger partial charge on any atom is -0.481 e. The van der Waals surface area contributed by atoms with Crippen molar-refractivity contribution in [2.24, 2.45) is 5.73 Å². The van der Waals surface area contributed by atoms with Crippen LogP contribution >= 0.6 is 0 Å². The molecule has 0 heterocycles. The third kappa shape index (κ3) is 5.55. The van der Waals surface area contributed by atoms with E-state index in [9.17, 15) is 14.4 Å². The number of Topliss-reactive ketones (excluding diaryl/α,β-unsaturated/α-hetero) is 1. The molecule has 6 N–H and O–H groups in total. The van der Waals surface area contributed by atoms with Crippen molar-refractivity contribution in [3.05, 3.63) is 35.9 Å². The summed E-state index contributed by atoms with van der Waals surface area (Å²) in [5.41, 5.74) is 13.7. The van der Waals surface area contributed by atoms with E-state index in [-0.39, 0.29) is 5.96 Å². The summed E-state index contributed by atoms with van der Waals surface area (Å²) in [5, 5.41) is 18.1. The van der Waals surface area contributed by atoms with E-state index in [2.05, 4.69) is 5.32 Å². The van der Waals surface area contributed by atoms with E-state index in [0.717, 1.165) is 6.08 Å². The lowest BCUT2D eigenvalue weighted by atomic mass is 10.1. The molecule has 0 bridgehead atoms. The molecule has 22 heavy (non-hydrogen) atoms. The van der Waals surface area contributed by atoms with E-state index in [1.807, 2.05) is 0 Å². The maximum Gasteiger partial charge on any atom is 0.305 e. The van der Waals surface area contributed by atoms with Crippen LogP contribution in [0, 0.1) is 5.41 Å². The van der Waals surface area contributed by atoms with Gasteiger partial charge >= 0.3 is 5.97 Å². The van der Waals surface area contributed by atoms with Gasteiger partial charge in [0.15, 0.2) is 5.96 Å². The quantitative estimate of drug-likeness (QED) is 0.245. The molecule has 1 aromatic carbocycles. The summed E-state index contributed by atoms with van der Waals surface area (Å²) in [4.78, 5) is 33.4. The predicted octanol–water partition coefficient (Wildman–Crippen LogP) is 0.270. The molecular formula is C14H15N4O4. The second-order valence-electron chi connectivity index (χ2n) is 4.37. The fourth-order valence-electron chi connectivity index (χ4n) is 1.53. The van der Waals surface area contributed by atoms with Gasteiger partial charge in [0, 0.05) is 5.69 Å². The molecule has 1 rings (SSSR count). The Balaban J connectivity index is 2.67. The first-order valence-electron chi connectivity index (χ1n) is 6.20. The van der Waals surface area contributed by atoms with E-state index < -0.39 is 30.0 Å². The minimum atomic E-state index is -1.60. The Hall–Kier alpha value is -3.00. The summed E-state index contributed by atoms with van der Waals surface area (Å²) < 4.78 is 0. The van der Waals surface area contributed by atoms with Crippen molar-refractivity contribution in [2.75, 3.05) is 5.32 Å². The summed E-state index contributed by atoms with van der Waals surface area (Å²) in [5.74, 6) is -3.50. The summed E-state index contributed by atoms with van der Waals surface area (Å²) in [7, 11) is 0. The highest BCUT2D eigenvalue weighted by molar-refractivity contribution is 6.44. The van der Waals surface area contributed by atoms with Crippen LogP contribution in [0.3, 0.4) is 0 Å². The van der Waals surface area contributed by atoms with Crippen LogP contribution in [0.5, 0.6) is 0 Å². The molecular weight excluding hydrogens is 288 g/mol. The second-order valence-corrected chi connectivity index (χ2v) is 4.37. The van der Waals surface area contributed by atoms with Crippen molar-refractivity contribution in [3.8, 4) is 0 Å². The molecule has 1 aromatic rings. The molecule has 0 aliphatic heterocycles. The standard InChI is InChI=1S/C14H15N4O4/c15-10(7-12(20)21)13(22)11(19)6-3-8-1-4-9(5-2-8)18-14(16)17/h1-6,10,15H,7H2,(H,20,21)(H4,16,17,18)/t10-/m0/s1. The number of carboxylic acids is 1. The fraction of sp³-hybridized carbons (Fsp3) is 0.143. The van der Waals surface area contributed by atoms with Crippen LogP contribution in [0.2, 0.25) is 0 Å². The first kappa shape index (κ1) is 17.1. The molecule has 0 fully saturated rings. The van der Waals surface area contributed by atoms with Gasteiger partial charge in [-0.15, -0.1) is 0 Å². The molecule has 1 radical (unpaired) electrons.